The number of anilines is 2. The summed E-state index contributed by atoms with van der Waals surface area (Å²) in [4.78, 5) is 16.4. The Balaban J connectivity index is 1.75. The first-order chi connectivity index (χ1) is 11.5. The summed E-state index contributed by atoms with van der Waals surface area (Å²) >= 11 is 1.36. The minimum Gasteiger partial charge on any atom is -0.446 e. The predicted octanol–water partition coefficient (Wildman–Crippen LogP) is 4.39. The number of pyridine rings is 1. The standard InChI is InChI=1S/C18H17N3O2S/c1-11-5-3-4-6-13(11)23-15-8-7-14(24-15)21-18(22)16-12(2)9-10-20-17(16)19/h3-10H,1-2H3,(H2,19,20)(H,21,22). The number of aryl methyl sites for hydroxylation is 2. The van der Waals surface area contributed by atoms with Crippen LogP contribution in [0.5, 0.6) is 10.8 Å². The Labute approximate surface area is 144 Å². The monoisotopic (exact) mass is 339 g/mol. The summed E-state index contributed by atoms with van der Waals surface area (Å²) in [6.07, 6.45) is 1.58. The van der Waals surface area contributed by atoms with E-state index >= 15 is 0 Å². The molecule has 0 saturated heterocycles. The third-order valence-corrected chi connectivity index (χ3v) is 4.42. The van der Waals surface area contributed by atoms with E-state index in [0.717, 1.165) is 16.9 Å². The lowest BCUT2D eigenvalue weighted by molar-refractivity contribution is 0.102. The van der Waals surface area contributed by atoms with Crippen LogP contribution in [0.25, 0.3) is 0 Å². The molecule has 122 valence electrons. The number of nitrogens with one attached hydrogen (secondary N) is 1. The van der Waals surface area contributed by atoms with E-state index in [1.54, 1.807) is 18.3 Å². The van der Waals surface area contributed by atoms with E-state index in [1.165, 1.54) is 11.3 Å². The number of nitrogen functional groups attached to an aromatic ring is 1. The van der Waals surface area contributed by atoms with Gasteiger partial charge in [0.05, 0.1) is 10.6 Å². The molecule has 0 aliphatic rings. The van der Waals surface area contributed by atoms with Crippen molar-refractivity contribution >= 4 is 28.1 Å². The second kappa shape index (κ2) is 6.72. The highest BCUT2D eigenvalue weighted by molar-refractivity contribution is 7.18. The molecule has 2 heterocycles. The van der Waals surface area contributed by atoms with Gasteiger partial charge in [0.15, 0.2) is 5.06 Å². The Hall–Kier alpha value is -2.86. The third kappa shape index (κ3) is 3.38. The minimum atomic E-state index is -0.276. The number of carbonyl (C=O) groups excluding carboxylic acids is 1. The molecule has 0 aliphatic carbocycles. The quantitative estimate of drug-likeness (QED) is 0.739. The highest BCUT2D eigenvalue weighted by Gasteiger charge is 2.15. The first-order valence-corrected chi connectivity index (χ1v) is 8.22. The van der Waals surface area contributed by atoms with Crippen molar-refractivity contribution in [2.45, 2.75) is 13.8 Å². The van der Waals surface area contributed by atoms with Gasteiger partial charge in [0.2, 0.25) is 0 Å². The summed E-state index contributed by atoms with van der Waals surface area (Å²) < 4.78 is 5.85. The van der Waals surface area contributed by atoms with Crippen LogP contribution in [0.4, 0.5) is 10.8 Å². The van der Waals surface area contributed by atoms with E-state index in [1.807, 2.05) is 44.2 Å². The van der Waals surface area contributed by atoms with Crippen LogP contribution in [-0.4, -0.2) is 10.9 Å². The predicted molar refractivity (Wildman–Crippen MR) is 96.9 cm³/mol. The number of para-hydroxylation sites is 1. The van der Waals surface area contributed by atoms with Crippen molar-refractivity contribution in [2.24, 2.45) is 0 Å². The zero-order valence-electron chi connectivity index (χ0n) is 13.4. The molecular formula is C18H17N3O2S. The molecule has 6 heteroatoms. The van der Waals surface area contributed by atoms with E-state index < -0.39 is 0 Å². The molecule has 0 saturated carbocycles. The lowest BCUT2D eigenvalue weighted by Crippen LogP contribution is -2.15. The average molecular weight is 339 g/mol. The molecule has 3 rings (SSSR count). The van der Waals surface area contributed by atoms with Gasteiger partial charge in [-0.3, -0.25) is 4.79 Å². The highest BCUT2D eigenvalue weighted by atomic mass is 32.1. The number of hydrogen-bond acceptors (Lipinski definition) is 5. The van der Waals surface area contributed by atoms with Crippen LogP contribution in [0.2, 0.25) is 0 Å². The largest absolute Gasteiger partial charge is 0.446 e. The zero-order chi connectivity index (χ0) is 17.1. The second-order valence-electron chi connectivity index (χ2n) is 5.33. The molecule has 0 fully saturated rings. The van der Waals surface area contributed by atoms with Crippen LogP contribution in [0.1, 0.15) is 21.5 Å². The molecule has 0 atom stereocenters. The van der Waals surface area contributed by atoms with Crippen molar-refractivity contribution in [3.05, 3.63) is 65.4 Å². The molecule has 3 N–H and O–H groups in total. The van der Waals surface area contributed by atoms with E-state index in [2.05, 4.69) is 10.3 Å². The number of amides is 1. The summed E-state index contributed by atoms with van der Waals surface area (Å²) in [6, 6.07) is 13.2. The van der Waals surface area contributed by atoms with Gasteiger partial charge in [0, 0.05) is 6.20 Å². The molecule has 0 spiro atoms. The van der Waals surface area contributed by atoms with Crippen LogP contribution in [0, 0.1) is 13.8 Å². The first-order valence-electron chi connectivity index (χ1n) is 7.40. The molecule has 2 aromatic heterocycles. The van der Waals surface area contributed by atoms with E-state index in [0.29, 0.717) is 15.6 Å². The molecular weight excluding hydrogens is 322 g/mol. The Bertz CT molecular complexity index is 869. The van der Waals surface area contributed by atoms with E-state index in [-0.39, 0.29) is 11.7 Å². The van der Waals surface area contributed by atoms with Gasteiger partial charge in [-0.1, -0.05) is 29.5 Å². The Kier molecular flexibility index (Phi) is 4.48. The van der Waals surface area contributed by atoms with Crippen LogP contribution >= 0.6 is 11.3 Å². The van der Waals surface area contributed by atoms with Gasteiger partial charge in [-0.25, -0.2) is 4.98 Å². The number of ether oxygens (including phenoxy) is 1. The number of thiophene rings is 1. The van der Waals surface area contributed by atoms with Crippen LogP contribution in [0.15, 0.2) is 48.7 Å². The van der Waals surface area contributed by atoms with Gasteiger partial charge < -0.3 is 15.8 Å². The molecule has 3 aromatic rings. The second-order valence-corrected chi connectivity index (χ2v) is 6.37. The Morgan fingerprint density at radius 3 is 2.67 bits per heavy atom. The van der Waals surface area contributed by atoms with E-state index in [4.69, 9.17) is 10.5 Å². The maximum Gasteiger partial charge on any atom is 0.260 e. The van der Waals surface area contributed by atoms with Gasteiger partial charge in [-0.2, -0.15) is 0 Å². The molecule has 0 aliphatic heterocycles. The fourth-order valence-corrected chi connectivity index (χ4v) is 3.03. The van der Waals surface area contributed by atoms with Crippen LogP contribution in [-0.2, 0) is 0 Å². The van der Waals surface area contributed by atoms with Crippen molar-refractivity contribution in [3.8, 4) is 10.8 Å². The maximum atomic E-state index is 12.4. The van der Waals surface area contributed by atoms with Crippen LogP contribution in [0.3, 0.4) is 0 Å². The van der Waals surface area contributed by atoms with Gasteiger partial charge >= 0.3 is 0 Å². The fraction of sp³-hybridized carbons (Fsp3) is 0.111. The number of rotatable bonds is 4. The van der Waals surface area contributed by atoms with Crippen molar-refractivity contribution in [3.63, 3.8) is 0 Å². The lowest BCUT2D eigenvalue weighted by Gasteiger charge is -2.08. The molecule has 0 unspecified atom stereocenters. The van der Waals surface area contributed by atoms with Gasteiger partial charge in [0.1, 0.15) is 11.6 Å². The number of aromatic nitrogens is 1. The van der Waals surface area contributed by atoms with E-state index in [9.17, 15) is 4.79 Å². The van der Waals surface area contributed by atoms with Crippen molar-refractivity contribution in [2.75, 3.05) is 11.1 Å². The van der Waals surface area contributed by atoms with Crippen LogP contribution < -0.4 is 15.8 Å². The zero-order valence-corrected chi connectivity index (χ0v) is 14.2. The molecule has 0 radical (unpaired) electrons. The van der Waals surface area contributed by atoms with Gasteiger partial charge in [-0.05, 0) is 49.2 Å². The van der Waals surface area contributed by atoms with Crippen molar-refractivity contribution in [1.82, 2.24) is 4.98 Å². The summed E-state index contributed by atoms with van der Waals surface area (Å²) in [7, 11) is 0. The number of nitrogens with zero attached hydrogens (tertiary/aromatic N) is 1. The maximum absolute atomic E-state index is 12.4. The number of carbonyl (C=O) groups is 1. The topological polar surface area (TPSA) is 77.2 Å². The number of hydrogen-bond donors (Lipinski definition) is 2. The SMILES string of the molecule is Cc1ccccc1Oc1ccc(NC(=O)c2c(C)ccnc2N)s1. The number of nitrogens with two attached hydrogens (primary N) is 1. The highest BCUT2D eigenvalue weighted by Crippen LogP contribution is 2.34. The van der Waals surface area contributed by atoms with Crippen molar-refractivity contribution in [1.29, 1.82) is 0 Å². The Morgan fingerprint density at radius 2 is 1.92 bits per heavy atom. The summed E-state index contributed by atoms with van der Waals surface area (Å²) in [6.45, 7) is 3.81. The summed E-state index contributed by atoms with van der Waals surface area (Å²) in [5, 5.41) is 4.23. The lowest BCUT2D eigenvalue weighted by atomic mass is 10.1. The van der Waals surface area contributed by atoms with Gasteiger partial charge in [-0.15, -0.1) is 0 Å². The van der Waals surface area contributed by atoms with Crippen molar-refractivity contribution < 1.29 is 9.53 Å². The molecule has 5 nitrogen and oxygen atoms in total. The minimum absolute atomic E-state index is 0.223. The Morgan fingerprint density at radius 1 is 1.12 bits per heavy atom. The number of benzene rings is 1. The molecule has 24 heavy (non-hydrogen) atoms. The molecule has 1 aromatic carbocycles. The smallest absolute Gasteiger partial charge is 0.260 e. The first kappa shape index (κ1) is 16.0. The molecule has 0 bridgehead atoms. The average Bonchev–Trinajstić information content (AvgIpc) is 2.96. The normalized spacial score (nSPS) is 10.4. The summed E-state index contributed by atoms with van der Waals surface area (Å²) in [5.41, 5.74) is 8.04. The molecule has 1 amide bonds. The van der Waals surface area contributed by atoms with Gasteiger partial charge in [0.25, 0.3) is 5.91 Å². The third-order valence-electron chi connectivity index (χ3n) is 3.54. The summed E-state index contributed by atoms with van der Waals surface area (Å²) in [5.74, 6) is 0.743. The fourth-order valence-electron chi connectivity index (χ4n) is 2.27.